The Morgan fingerprint density at radius 1 is 0.571 bits per heavy atom. The molecule has 8 rings (SSSR count). The number of fused-ring (bicyclic) bond motifs is 10. The average Bonchev–Trinajstić information content (AvgIpc) is 3.71. The van der Waals surface area contributed by atoms with Crippen LogP contribution in [0, 0.1) is 35.5 Å². The fourth-order valence-corrected chi connectivity index (χ4v) is 11.3. The fourth-order valence-electron chi connectivity index (χ4n) is 11.3. The molecule has 0 radical (unpaired) electrons. The van der Waals surface area contributed by atoms with Crippen LogP contribution in [0.1, 0.15) is 98.5 Å². The third-order valence-electron chi connectivity index (χ3n) is 13.8. The number of esters is 2. The number of carbonyl (C=O) groups is 4. The van der Waals surface area contributed by atoms with E-state index in [1.54, 1.807) is 28.4 Å². The lowest BCUT2D eigenvalue weighted by Crippen LogP contribution is -2.36. The first-order valence-corrected chi connectivity index (χ1v) is 20.4. The van der Waals surface area contributed by atoms with E-state index >= 15 is 0 Å². The molecule has 4 fully saturated rings. The van der Waals surface area contributed by atoms with E-state index in [9.17, 15) is 19.2 Å². The van der Waals surface area contributed by atoms with Crippen LogP contribution in [0.3, 0.4) is 0 Å². The van der Waals surface area contributed by atoms with Gasteiger partial charge in [-0.15, -0.1) is 0 Å². The molecule has 8 atom stereocenters. The van der Waals surface area contributed by atoms with Gasteiger partial charge >= 0.3 is 11.9 Å². The van der Waals surface area contributed by atoms with E-state index in [-0.39, 0.29) is 59.5 Å². The minimum atomic E-state index is -0.188. The molecule has 12 nitrogen and oxygen atoms in total. The van der Waals surface area contributed by atoms with Gasteiger partial charge in [0, 0.05) is 37.8 Å². The number of methoxy groups -OCH3 is 6. The zero-order chi connectivity index (χ0) is 39.7. The monoisotopic (exact) mass is 774 g/mol. The normalized spacial score (nSPS) is 28.2. The Bertz CT molecular complexity index is 1680. The lowest BCUT2D eigenvalue weighted by Gasteiger charge is -2.37. The highest BCUT2D eigenvalue weighted by molar-refractivity contribution is 5.84. The van der Waals surface area contributed by atoms with Crippen molar-refractivity contribution in [3.8, 4) is 23.0 Å². The maximum Gasteiger partial charge on any atom is 0.305 e. The Kier molecular flexibility index (Phi) is 12.0. The molecule has 12 heteroatoms. The van der Waals surface area contributed by atoms with Crippen molar-refractivity contribution in [1.29, 1.82) is 0 Å². The molecule has 0 bridgehead atoms. The van der Waals surface area contributed by atoms with E-state index in [2.05, 4.69) is 34.1 Å². The SMILES string of the molecule is COC(=O)CC[C@@H]1CCC[C@H]2[C@@H]1C(=O)N1CCc3cc(OC)c(OC)cc3[C@H]21.COC(=O)CC[C@H]1CCC[C@@H]2[C@H]1C(=O)N1CCc3cc(OC)c(OC)cc3[C@@H]21. The van der Waals surface area contributed by atoms with Crippen molar-refractivity contribution in [2.45, 2.75) is 89.1 Å². The Morgan fingerprint density at radius 3 is 1.30 bits per heavy atom. The van der Waals surface area contributed by atoms with Crippen LogP contribution in [0.4, 0.5) is 0 Å². The summed E-state index contributed by atoms with van der Waals surface area (Å²) in [7, 11) is 9.45. The van der Waals surface area contributed by atoms with Crippen molar-refractivity contribution in [2.75, 3.05) is 55.7 Å². The van der Waals surface area contributed by atoms with Crippen LogP contribution in [0.2, 0.25) is 0 Å². The summed E-state index contributed by atoms with van der Waals surface area (Å²) in [5, 5.41) is 0. The second-order valence-electron chi connectivity index (χ2n) is 16.3. The van der Waals surface area contributed by atoms with Gasteiger partial charge in [-0.2, -0.15) is 0 Å². The standard InChI is InChI=1S/2C22H29NO5/c2*1-26-17-11-14-9-10-23-21(16(14)12-18(17)27-2)15-6-4-5-13(20(15)22(23)25)7-8-19(24)28-3/h2*11-13,15,20-21H,4-10H2,1-3H3/t2*13-,15-,20+,21-/m10/s1. The highest BCUT2D eigenvalue weighted by Gasteiger charge is 2.55. The molecule has 0 unspecified atom stereocenters. The molecule has 304 valence electrons. The van der Waals surface area contributed by atoms with Gasteiger partial charge in [-0.25, -0.2) is 0 Å². The largest absolute Gasteiger partial charge is 0.493 e. The van der Waals surface area contributed by atoms with E-state index in [1.165, 1.54) is 36.5 Å². The highest BCUT2D eigenvalue weighted by Crippen LogP contribution is 2.56. The van der Waals surface area contributed by atoms with Gasteiger partial charge in [0.15, 0.2) is 23.0 Å². The molecule has 6 aliphatic rings. The minimum absolute atomic E-state index is 0.0162. The van der Waals surface area contributed by atoms with Gasteiger partial charge in [0.2, 0.25) is 11.8 Å². The van der Waals surface area contributed by atoms with Gasteiger partial charge in [0.25, 0.3) is 0 Å². The molecule has 56 heavy (non-hydrogen) atoms. The summed E-state index contributed by atoms with van der Waals surface area (Å²) in [6.07, 6.45) is 10.3. The van der Waals surface area contributed by atoms with Gasteiger partial charge in [0.1, 0.15) is 0 Å². The van der Waals surface area contributed by atoms with Crippen molar-refractivity contribution in [3.63, 3.8) is 0 Å². The Labute approximate surface area is 330 Å². The first kappa shape index (κ1) is 39.7. The lowest BCUT2D eigenvalue weighted by molar-refractivity contribution is -0.142. The fraction of sp³-hybridized carbons (Fsp3) is 0.636. The van der Waals surface area contributed by atoms with Crippen LogP contribution in [0.5, 0.6) is 23.0 Å². The second-order valence-corrected chi connectivity index (χ2v) is 16.3. The average molecular weight is 775 g/mol. The molecule has 0 aromatic heterocycles. The van der Waals surface area contributed by atoms with Crippen LogP contribution in [-0.2, 0) is 41.5 Å². The van der Waals surface area contributed by atoms with E-state index in [0.29, 0.717) is 24.7 Å². The third kappa shape index (κ3) is 7.17. The molecule has 4 heterocycles. The van der Waals surface area contributed by atoms with Crippen molar-refractivity contribution in [2.24, 2.45) is 35.5 Å². The van der Waals surface area contributed by atoms with E-state index in [1.807, 2.05) is 0 Å². The zero-order valence-corrected chi connectivity index (χ0v) is 33.8. The van der Waals surface area contributed by atoms with Crippen molar-refractivity contribution >= 4 is 23.8 Å². The molecule has 2 saturated carbocycles. The minimum Gasteiger partial charge on any atom is -0.493 e. The molecular weight excluding hydrogens is 716 g/mol. The first-order valence-electron chi connectivity index (χ1n) is 20.4. The number of rotatable bonds is 10. The van der Waals surface area contributed by atoms with Crippen molar-refractivity contribution in [1.82, 2.24) is 9.80 Å². The maximum absolute atomic E-state index is 13.3. The molecule has 0 spiro atoms. The van der Waals surface area contributed by atoms with Crippen LogP contribution < -0.4 is 18.9 Å². The summed E-state index contributed by atoms with van der Waals surface area (Å²) in [6, 6.07) is 8.50. The Hall–Kier alpha value is -4.48. The van der Waals surface area contributed by atoms with Gasteiger partial charge in [-0.05, 0) is 122 Å². The highest BCUT2D eigenvalue weighted by atomic mass is 16.5. The van der Waals surface area contributed by atoms with Crippen LogP contribution in [0.25, 0.3) is 0 Å². The molecule has 0 N–H and O–H groups in total. The van der Waals surface area contributed by atoms with E-state index in [4.69, 9.17) is 28.4 Å². The quantitative estimate of drug-likeness (QED) is 0.255. The van der Waals surface area contributed by atoms with Crippen LogP contribution >= 0.6 is 0 Å². The Morgan fingerprint density at radius 2 is 0.946 bits per heavy atom. The van der Waals surface area contributed by atoms with Crippen LogP contribution in [0.15, 0.2) is 24.3 Å². The van der Waals surface area contributed by atoms with Gasteiger partial charge in [-0.3, -0.25) is 19.2 Å². The number of benzene rings is 2. The smallest absolute Gasteiger partial charge is 0.305 e. The molecule has 2 amide bonds. The predicted molar refractivity (Wildman–Crippen MR) is 207 cm³/mol. The van der Waals surface area contributed by atoms with Gasteiger partial charge < -0.3 is 38.2 Å². The van der Waals surface area contributed by atoms with Gasteiger partial charge in [-0.1, -0.05) is 12.8 Å². The number of ether oxygens (including phenoxy) is 6. The summed E-state index contributed by atoms with van der Waals surface area (Å²) < 4.78 is 31.6. The third-order valence-corrected chi connectivity index (χ3v) is 13.8. The summed E-state index contributed by atoms with van der Waals surface area (Å²) >= 11 is 0. The number of hydrogen-bond donors (Lipinski definition) is 0. The lowest BCUT2D eigenvalue weighted by atomic mass is 9.68. The molecule has 2 aromatic carbocycles. The van der Waals surface area contributed by atoms with Crippen molar-refractivity contribution < 1.29 is 47.6 Å². The molecule has 2 aliphatic carbocycles. The number of carbonyl (C=O) groups excluding carboxylic acids is 4. The second kappa shape index (κ2) is 16.9. The zero-order valence-electron chi connectivity index (χ0n) is 33.8. The summed E-state index contributed by atoms with van der Waals surface area (Å²) in [4.78, 5) is 54.1. The number of hydrogen-bond acceptors (Lipinski definition) is 10. The predicted octanol–water partition coefficient (Wildman–Crippen LogP) is 6.26. The molecule has 2 saturated heterocycles. The van der Waals surface area contributed by atoms with E-state index < -0.39 is 0 Å². The first-order chi connectivity index (χ1) is 27.2. The maximum atomic E-state index is 13.3. The molecular formula is C44H58N2O10. The topological polar surface area (TPSA) is 130 Å². The summed E-state index contributed by atoms with van der Waals surface area (Å²) in [5.74, 6) is 4.26. The van der Waals surface area contributed by atoms with E-state index in [0.717, 1.165) is 100 Å². The molecule has 4 aliphatic heterocycles. The molecule has 2 aromatic rings. The van der Waals surface area contributed by atoms with Gasteiger partial charge in [0.05, 0.1) is 54.7 Å². The van der Waals surface area contributed by atoms with Crippen molar-refractivity contribution in [3.05, 3.63) is 46.5 Å². The Balaban J connectivity index is 0.000000172. The summed E-state index contributed by atoms with van der Waals surface area (Å²) in [5.41, 5.74) is 4.92. The summed E-state index contributed by atoms with van der Waals surface area (Å²) in [6.45, 7) is 1.51. The van der Waals surface area contributed by atoms with Crippen LogP contribution in [-0.4, -0.2) is 89.3 Å². The number of nitrogens with zero attached hydrogens (tertiary/aromatic N) is 2. The number of amides is 2.